The quantitative estimate of drug-likeness (QED) is 0.749. The number of hydrogen-bond acceptors (Lipinski definition) is 3. The summed E-state index contributed by atoms with van der Waals surface area (Å²) in [6, 6.07) is 15.8. The number of amides is 1. The molecule has 2 rings (SSSR count). The zero-order chi connectivity index (χ0) is 18.2. The molecule has 0 spiro atoms. The highest BCUT2D eigenvalue weighted by molar-refractivity contribution is 5.83. The number of hydrogen-bond donors (Lipinski definition) is 1. The van der Waals surface area contributed by atoms with Gasteiger partial charge in [-0.1, -0.05) is 36.4 Å². The van der Waals surface area contributed by atoms with Crippen LogP contribution in [0.5, 0.6) is 5.75 Å². The predicted molar refractivity (Wildman–Crippen MR) is 102 cm³/mol. The molecule has 0 aliphatic rings. The highest BCUT2D eigenvalue weighted by atomic mass is 16.5. The molecule has 0 fully saturated rings. The van der Waals surface area contributed by atoms with E-state index in [0.717, 1.165) is 29.7 Å². The largest absolute Gasteiger partial charge is 0.497 e. The van der Waals surface area contributed by atoms with Gasteiger partial charge in [-0.2, -0.15) is 0 Å². The zero-order valence-electron chi connectivity index (χ0n) is 15.6. The Morgan fingerprint density at radius 3 is 2.60 bits per heavy atom. The second-order valence-corrected chi connectivity index (χ2v) is 6.47. The number of aryl methyl sites for hydroxylation is 2. The van der Waals surface area contributed by atoms with Crippen molar-refractivity contribution in [3.05, 3.63) is 65.2 Å². The lowest BCUT2D eigenvalue weighted by Crippen LogP contribution is -2.37. The average molecular weight is 340 g/mol. The molecule has 1 amide bonds. The third kappa shape index (κ3) is 5.33. The van der Waals surface area contributed by atoms with E-state index in [4.69, 9.17) is 4.74 Å². The molecule has 0 aromatic heterocycles. The van der Waals surface area contributed by atoms with Crippen LogP contribution in [0.3, 0.4) is 0 Å². The van der Waals surface area contributed by atoms with Gasteiger partial charge >= 0.3 is 0 Å². The molecule has 0 radical (unpaired) electrons. The molecule has 0 heterocycles. The summed E-state index contributed by atoms with van der Waals surface area (Å²) in [4.78, 5) is 14.6. The lowest BCUT2D eigenvalue weighted by molar-refractivity contribution is -0.125. The van der Waals surface area contributed by atoms with Crippen LogP contribution in [0.25, 0.3) is 0 Å². The van der Waals surface area contributed by atoms with E-state index in [1.165, 1.54) is 5.56 Å². The summed E-state index contributed by atoms with van der Waals surface area (Å²) < 4.78 is 5.24. The topological polar surface area (TPSA) is 41.6 Å². The summed E-state index contributed by atoms with van der Waals surface area (Å²) in [6.07, 6.45) is 1.81. The van der Waals surface area contributed by atoms with Crippen molar-refractivity contribution < 1.29 is 9.53 Å². The van der Waals surface area contributed by atoms with Gasteiger partial charge in [-0.05, 0) is 62.7 Å². The van der Waals surface area contributed by atoms with Crippen LogP contribution < -0.4 is 10.1 Å². The van der Waals surface area contributed by atoms with Crippen molar-refractivity contribution in [3.8, 4) is 5.75 Å². The summed E-state index contributed by atoms with van der Waals surface area (Å²) in [5, 5.41) is 3.08. The van der Waals surface area contributed by atoms with Gasteiger partial charge in [0.05, 0.1) is 7.11 Å². The van der Waals surface area contributed by atoms with E-state index in [9.17, 15) is 4.79 Å². The van der Waals surface area contributed by atoms with Gasteiger partial charge in [0.25, 0.3) is 0 Å². The second kappa shape index (κ2) is 9.23. The molecule has 0 aliphatic carbocycles. The maximum Gasteiger partial charge on any atom is 0.241 e. The second-order valence-electron chi connectivity index (χ2n) is 6.47. The van der Waals surface area contributed by atoms with E-state index in [1.807, 2.05) is 68.4 Å². The lowest BCUT2D eigenvalue weighted by atomic mass is 10.00. The molecule has 0 saturated heterocycles. The van der Waals surface area contributed by atoms with Gasteiger partial charge in [-0.25, -0.2) is 0 Å². The SMILES string of the molecule is COc1cccc(CCCNC(=O)C(c2ccccc2C)N(C)C)c1. The van der Waals surface area contributed by atoms with Gasteiger partial charge < -0.3 is 10.1 Å². The number of benzene rings is 2. The van der Waals surface area contributed by atoms with Gasteiger partial charge in [0.1, 0.15) is 11.8 Å². The van der Waals surface area contributed by atoms with Crippen molar-refractivity contribution in [3.63, 3.8) is 0 Å². The fraction of sp³-hybridized carbons (Fsp3) is 0.381. The Morgan fingerprint density at radius 1 is 1.16 bits per heavy atom. The smallest absolute Gasteiger partial charge is 0.241 e. The van der Waals surface area contributed by atoms with Crippen molar-refractivity contribution in [1.82, 2.24) is 10.2 Å². The number of rotatable bonds is 8. The number of carbonyl (C=O) groups excluding carboxylic acids is 1. The number of nitrogens with zero attached hydrogens (tertiary/aromatic N) is 1. The molecule has 4 heteroatoms. The number of nitrogens with one attached hydrogen (secondary N) is 1. The van der Waals surface area contributed by atoms with E-state index < -0.39 is 0 Å². The molecule has 0 saturated carbocycles. The average Bonchev–Trinajstić information content (AvgIpc) is 2.60. The van der Waals surface area contributed by atoms with Crippen LogP contribution >= 0.6 is 0 Å². The standard InChI is InChI=1S/C21H28N2O2/c1-16-9-5-6-13-19(16)20(23(2)3)21(24)22-14-8-11-17-10-7-12-18(15-17)25-4/h5-7,9-10,12-13,15,20H,8,11,14H2,1-4H3,(H,22,24). The van der Waals surface area contributed by atoms with Gasteiger partial charge in [0.2, 0.25) is 5.91 Å². The van der Waals surface area contributed by atoms with E-state index in [-0.39, 0.29) is 11.9 Å². The summed E-state index contributed by atoms with van der Waals surface area (Å²) in [6.45, 7) is 2.70. The molecule has 4 nitrogen and oxygen atoms in total. The van der Waals surface area contributed by atoms with Crippen LogP contribution in [0.4, 0.5) is 0 Å². The molecule has 1 atom stereocenters. The summed E-state index contributed by atoms with van der Waals surface area (Å²) in [5.74, 6) is 0.915. The number of methoxy groups -OCH3 is 1. The molecule has 1 N–H and O–H groups in total. The summed E-state index contributed by atoms with van der Waals surface area (Å²) in [5.41, 5.74) is 3.40. The highest BCUT2D eigenvalue weighted by Crippen LogP contribution is 2.22. The number of carbonyl (C=O) groups is 1. The maximum atomic E-state index is 12.7. The van der Waals surface area contributed by atoms with Crippen molar-refractivity contribution in [2.45, 2.75) is 25.8 Å². The molecule has 134 valence electrons. The van der Waals surface area contributed by atoms with Crippen LogP contribution in [0.15, 0.2) is 48.5 Å². The van der Waals surface area contributed by atoms with Crippen molar-refractivity contribution >= 4 is 5.91 Å². The van der Waals surface area contributed by atoms with Crippen molar-refractivity contribution in [1.29, 1.82) is 0 Å². The van der Waals surface area contributed by atoms with Crippen LogP contribution in [0.2, 0.25) is 0 Å². The first kappa shape index (κ1) is 19.0. The normalized spacial score (nSPS) is 12.0. The minimum atomic E-state index is -0.266. The molecule has 25 heavy (non-hydrogen) atoms. The van der Waals surface area contributed by atoms with Crippen LogP contribution in [-0.4, -0.2) is 38.6 Å². The Labute approximate surface area is 150 Å². The zero-order valence-corrected chi connectivity index (χ0v) is 15.6. The molecular weight excluding hydrogens is 312 g/mol. The van der Waals surface area contributed by atoms with E-state index in [1.54, 1.807) is 7.11 Å². The minimum Gasteiger partial charge on any atom is -0.497 e. The summed E-state index contributed by atoms with van der Waals surface area (Å²) in [7, 11) is 5.55. The molecular formula is C21H28N2O2. The maximum absolute atomic E-state index is 12.7. The van der Waals surface area contributed by atoms with E-state index in [0.29, 0.717) is 6.54 Å². The monoisotopic (exact) mass is 340 g/mol. The van der Waals surface area contributed by atoms with E-state index >= 15 is 0 Å². The van der Waals surface area contributed by atoms with Crippen LogP contribution in [-0.2, 0) is 11.2 Å². The van der Waals surface area contributed by atoms with Crippen LogP contribution in [0.1, 0.15) is 29.2 Å². The Kier molecular flexibility index (Phi) is 7.02. The Balaban J connectivity index is 1.90. The van der Waals surface area contributed by atoms with Gasteiger partial charge in [0.15, 0.2) is 0 Å². The first-order chi connectivity index (χ1) is 12.0. The highest BCUT2D eigenvalue weighted by Gasteiger charge is 2.23. The van der Waals surface area contributed by atoms with Crippen molar-refractivity contribution in [2.75, 3.05) is 27.7 Å². The number of likely N-dealkylation sites (N-methyl/N-ethyl adjacent to an activating group) is 1. The predicted octanol–water partition coefficient (Wildman–Crippen LogP) is 3.36. The third-order valence-electron chi connectivity index (χ3n) is 4.32. The van der Waals surface area contributed by atoms with Gasteiger partial charge in [-0.3, -0.25) is 9.69 Å². The van der Waals surface area contributed by atoms with Crippen molar-refractivity contribution in [2.24, 2.45) is 0 Å². The fourth-order valence-electron chi connectivity index (χ4n) is 2.98. The molecule has 0 aliphatic heterocycles. The lowest BCUT2D eigenvalue weighted by Gasteiger charge is -2.25. The molecule has 2 aromatic rings. The van der Waals surface area contributed by atoms with E-state index in [2.05, 4.69) is 11.4 Å². The first-order valence-corrected chi connectivity index (χ1v) is 8.65. The molecule has 2 aromatic carbocycles. The van der Waals surface area contributed by atoms with Gasteiger partial charge in [0, 0.05) is 6.54 Å². The molecule has 0 bridgehead atoms. The molecule has 1 unspecified atom stereocenters. The minimum absolute atomic E-state index is 0.0462. The first-order valence-electron chi connectivity index (χ1n) is 8.65. The summed E-state index contributed by atoms with van der Waals surface area (Å²) >= 11 is 0. The fourth-order valence-corrected chi connectivity index (χ4v) is 2.98. The Bertz CT molecular complexity index is 698. The van der Waals surface area contributed by atoms with Crippen LogP contribution in [0, 0.1) is 6.92 Å². The number of ether oxygens (including phenoxy) is 1. The third-order valence-corrected chi connectivity index (χ3v) is 4.32. The Hall–Kier alpha value is -2.33. The Morgan fingerprint density at radius 2 is 1.92 bits per heavy atom. The van der Waals surface area contributed by atoms with Gasteiger partial charge in [-0.15, -0.1) is 0 Å².